The minimum Gasteiger partial charge on any atom is -0.478 e. The molecule has 0 saturated heterocycles. The van der Waals surface area contributed by atoms with Crippen LogP contribution in [0.25, 0.3) is 10.8 Å². The predicted molar refractivity (Wildman–Crippen MR) is 65.6 cm³/mol. The first kappa shape index (κ1) is 12.5. The van der Waals surface area contributed by atoms with E-state index in [1.807, 2.05) is 0 Å². The standard InChI is InChI=1S/C13H7NO5/c15-6-14-9-4-8-3-7(12(16)17)1-2-10(8)11(5-9)13(18)19/h1-5H,(H,16,17)(H,18,19). The molecule has 0 fully saturated rings. The fourth-order valence-corrected chi connectivity index (χ4v) is 1.78. The van der Waals surface area contributed by atoms with Crippen LogP contribution in [0.3, 0.4) is 0 Å². The van der Waals surface area contributed by atoms with Crippen molar-refractivity contribution in [2.75, 3.05) is 0 Å². The highest BCUT2D eigenvalue weighted by Gasteiger charge is 2.12. The molecule has 0 amide bonds. The lowest BCUT2D eigenvalue weighted by Crippen LogP contribution is -1.99. The summed E-state index contributed by atoms with van der Waals surface area (Å²) in [5.74, 6) is -2.31. The predicted octanol–water partition coefficient (Wildman–Crippen LogP) is 2.20. The van der Waals surface area contributed by atoms with Gasteiger partial charge in [-0.3, -0.25) is 0 Å². The summed E-state index contributed by atoms with van der Waals surface area (Å²) in [7, 11) is 0. The SMILES string of the molecule is O=C=Nc1cc(C(=O)O)c2ccc(C(=O)O)cc2c1. The zero-order valence-electron chi connectivity index (χ0n) is 9.45. The van der Waals surface area contributed by atoms with Gasteiger partial charge in [-0.1, -0.05) is 6.07 Å². The van der Waals surface area contributed by atoms with Crippen molar-refractivity contribution in [1.82, 2.24) is 0 Å². The second-order valence-electron chi connectivity index (χ2n) is 3.74. The van der Waals surface area contributed by atoms with Gasteiger partial charge in [0.05, 0.1) is 16.8 Å². The number of carbonyl (C=O) groups excluding carboxylic acids is 1. The van der Waals surface area contributed by atoms with Crippen molar-refractivity contribution in [3.8, 4) is 0 Å². The zero-order chi connectivity index (χ0) is 14.0. The maximum atomic E-state index is 11.1. The van der Waals surface area contributed by atoms with Crippen molar-refractivity contribution in [3.05, 3.63) is 41.5 Å². The van der Waals surface area contributed by atoms with Crippen LogP contribution in [0.15, 0.2) is 35.3 Å². The molecular weight excluding hydrogens is 250 g/mol. The van der Waals surface area contributed by atoms with Crippen LogP contribution in [-0.2, 0) is 4.79 Å². The Balaban J connectivity index is 2.82. The molecule has 0 unspecified atom stereocenters. The molecule has 0 heterocycles. The fraction of sp³-hybridized carbons (Fsp3) is 0. The van der Waals surface area contributed by atoms with Crippen LogP contribution < -0.4 is 0 Å². The van der Waals surface area contributed by atoms with E-state index in [1.54, 1.807) is 0 Å². The molecule has 6 nitrogen and oxygen atoms in total. The van der Waals surface area contributed by atoms with E-state index in [4.69, 9.17) is 10.2 Å². The zero-order valence-corrected chi connectivity index (χ0v) is 9.45. The van der Waals surface area contributed by atoms with Gasteiger partial charge in [0, 0.05) is 0 Å². The molecule has 0 radical (unpaired) electrons. The third kappa shape index (κ3) is 2.34. The van der Waals surface area contributed by atoms with Crippen molar-refractivity contribution >= 4 is 34.5 Å². The summed E-state index contributed by atoms with van der Waals surface area (Å²) in [5.41, 5.74) is 0.0851. The summed E-state index contributed by atoms with van der Waals surface area (Å²) in [6.07, 6.45) is 1.32. The van der Waals surface area contributed by atoms with Crippen molar-refractivity contribution in [2.24, 2.45) is 4.99 Å². The molecule has 0 aliphatic carbocycles. The number of carboxylic acids is 2. The molecule has 0 aromatic heterocycles. The van der Waals surface area contributed by atoms with Crippen LogP contribution in [0, 0.1) is 0 Å². The van der Waals surface area contributed by atoms with Gasteiger partial charge in [-0.15, -0.1) is 0 Å². The molecule has 0 spiro atoms. The quantitative estimate of drug-likeness (QED) is 0.647. The Kier molecular flexibility index (Phi) is 3.10. The van der Waals surface area contributed by atoms with E-state index in [2.05, 4.69) is 4.99 Å². The maximum Gasteiger partial charge on any atom is 0.336 e. The van der Waals surface area contributed by atoms with Gasteiger partial charge in [0.25, 0.3) is 0 Å². The second-order valence-corrected chi connectivity index (χ2v) is 3.74. The molecule has 19 heavy (non-hydrogen) atoms. The van der Waals surface area contributed by atoms with Crippen LogP contribution in [0.2, 0.25) is 0 Å². The Morgan fingerprint density at radius 3 is 2.37 bits per heavy atom. The molecule has 6 heteroatoms. The number of fused-ring (bicyclic) bond motifs is 1. The Labute approximate surface area is 106 Å². The van der Waals surface area contributed by atoms with Gasteiger partial charge < -0.3 is 10.2 Å². The van der Waals surface area contributed by atoms with Gasteiger partial charge in [-0.05, 0) is 35.0 Å². The molecule has 94 valence electrons. The minimum atomic E-state index is -1.18. The van der Waals surface area contributed by atoms with E-state index in [-0.39, 0.29) is 16.8 Å². The lowest BCUT2D eigenvalue weighted by atomic mass is 10.0. The summed E-state index contributed by atoms with van der Waals surface area (Å²) in [6.45, 7) is 0. The summed E-state index contributed by atoms with van der Waals surface area (Å²) in [5, 5.41) is 18.8. The van der Waals surface area contributed by atoms with Gasteiger partial charge in [-0.25, -0.2) is 14.4 Å². The third-order valence-electron chi connectivity index (χ3n) is 2.59. The van der Waals surface area contributed by atoms with E-state index < -0.39 is 11.9 Å². The van der Waals surface area contributed by atoms with E-state index in [9.17, 15) is 14.4 Å². The average molecular weight is 257 g/mol. The number of aliphatic imine (C=N–C) groups is 1. The van der Waals surface area contributed by atoms with Crippen molar-refractivity contribution in [2.45, 2.75) is 0 Å². The van der Waals surface area contributed by atoms with E-state index >= 15 is 0 Å². The number of isocyanates is 1. The number of aromatic carboxylic acids is 2. The van der Waals surface area contributed by atoms with Gasteiger partial charge in [0.1, 0.15) is 0 Å². The molecule has 0 atom stereocenters. The summed E-state index contributed by atoms with van der Waals surface area (Å²) >= 11 is 0. The molecule has 0 saturated carbocycles. The highest BCUT2D eigenvalue weighted by atomic mass is 16.4. The molecule has 2 aromatic carbocycles. The highest BCUT2D eigenvalue weighted by Crippen LogP contribution is 2.26. The number of nitrogens with zero attached hydrogens (tertiary/aromatic N) is 1. The number of carboxylic acid groups (broad SMARTS) is 2. The molecule has 0 bridgehead atoms. The van der Waals surface area contributed by atoms with Gasteiger partial charge in [0.15, 0.2) is 0 Å². The number of rotatable bonds is 3. The number of hydrogen-bond acceptors (Lipinski definition) is 4. The fourth-order valence-electron chi connectivity index (χ4n) is 1.78. The average Bonchev–Trinajstić information content (AvgIpc) is 2.37. The molecule has 0 aliphatic rings. The lowest BCUT2D eigenvalue weighted by Gasteiger charge is -2.05. The van der Waals surface area contributed by atoms with Crippen LogP contribution in [0.4, 0.5) is 5.69 Å². The van der Waals surface area contributed by atoms with Crippen molar-refractivity contribution in [1.29, 1.82) is 0 Å². The molecule has 2 rings (SSSR count). The van der Waals surface area contributed by atoms with Crippen molar-refractivity contribution in [3.63, 3.8) is 0 Å². The van der Waals surface area contributed by atoms with Gasteiger partial charge in [0.2, 0.25) is 6.08 Å². The summed E-state index contributed by atoms with van der Waals surface area (Å²) < 4.78 is 0. The number of benzene rings is 2. The van der Waals surface area contributed by atoms with E-state index in [0.29, 0.717) is 10.8 Å². The number of hydrogen-bond donors (Lipinski definition) is 2. The van der Waals surface area contributed by atoms with Gasteiger partial charge in [-0.2, -0.15) is 4.99 Å². The molecule has 2 aromatic rings. The molecule has 0 aliphatic heterocycles. The topological polar surface area (TPSA) is 104 Å². The van der Waals surface area contributed by atoms with E-state index in [0.717, 1.165) is 0 Å². The second kappa shape index (κ2) is 4.72. The largest absolute Gasteiger partial charge is 0.478 e. The highest BCUT2D eigenvalue weighted by molar-refractivity contribution is 6.06. The monoisotopic (exact) mass is 257 g/mol. The van der Waals surface area contributed by atoms with Crippen LogP contribution in [0.1, 0.15) is 20.7 Å². The lowest BCUT2D eigenvalue weighted by molar-refractivity contribution is 0.0688. The maximum absolute atomic E-state index is 11.1. The smallest absolute Gasteiger partial charge is 0.336 e. The van der Waals surface area contributed by atoms with Crippen LogP contribution in [0.5, 0.6) is 0 Å². The normalized spacial score (nSPS) is 9.89. The van der Waals surface area contributed by atoms with Crippen molar-refractivity contribution < 1.29 is 24.6 Å². The Morgan fingerprint density at radius 1 is 1.05 bits per heavy atom. The third-order valence-corrected chi connectivity index (χ3v) is 2.59. The first-order valence-electron chi connectivity index (χ1n) is 5.15. The Hall–Kier alpha value is -2.98. The number of carbonyl (C=O) groups is 2. The van der Waals surface area contributed by atoms with E-state index in [1.165, 1.54) is 36.4 Å². The molecular formula is C13H7NO5. The minimum absolute atomic E-state index is 0.0241. The first-order chi connectivity index (χ1) is 9.02. The Bertz CT molecular complexity index is 739. The molecule has 2 N–H and O–H groups in total. The van der Waals surface area contributed by atoms with Gasteiger partial charge >= 0.3 is 11.9 Å². The Morgan fingerprint density at radius 2 is 1.79 bits per heavy atom. The van der Waals surface area contributed by atoms with Crippen LogP contribution >= 0.6 is 0 Å². The summed E-state index contributed by atoms with van der Waals surface area (Å²) in [6, 6.07) is 6.72. The first-order valence-corrected chi connectivity index (χ1v) is 5.15. The summed E-state index contributed by atoms with van der Waals surface area (Å²) in [4.78, 5) is 35.6. The van der Waals surface area contributed by atoms with Crippen LogP contribution in [-0.4, -0.2) is 28.2 Å².